The van der Waals surface area contributed by atoms with E-state index in [2.05, 4.69) is 457 Å². The van der Waals surface area contributed by atoms with E-state index in [0.29, 0.717) is 0 Å². The second-order valence-corrected chi connectivity index (χ2v) is 28.8. The molecule has 520 valence electrons. The van der Waals surface area contributed by atoms with Crippen LogP contribution in [0.1, 0.15) is 0 Å². The van der Waals surface area contributed by atoms with Crippen LogP contribution in [0.2, 0.25) is 0 Å². The molecule has 0 saturated heterocycles. The standard InChI is InChI=1S/C60H40N2.C48H33N/c1-3-15-41(16-4-1)43-27-31-45(32-28-43)47-35-48(46-33-29-44(30-34-46)42-17-5-2-6-18-42)37-49(36-47)50-38-51(61-57-23-11-7-19-53(57)54-20-8-12-24-58(54)61)40-52(39-50)62-59-25-13-9-21-55(59)56-22-10-14-26-60(56)62;1-3-11-34(12-4-1)36-19-23-38(24-20-36)41-31-42(39-25-21-37(22-26-39)35-13-5-2-6-14-35)33-43(32-41)40-27-29-44(30-28-40)49-47-17-9-7-15-45(47)46-16-8-10-18-48(46)49/h1-40H;1-33H. The van der Waals surface area contributed by atoms with Gasteiger partial charge < -0.3 is 13.7 Å². The summed E-state index contributed by atoms with van der Waals surface area (Å²) in [4.78, 5) is 0. The molecule has 0 bridgehead atoms. The van der Waals surface area contributed by atoms with Gasteiger partial charge in [0.05, 0.1) is 33.1 Å². The second-order valence-electron chi connectivity index (χ2n) is 28.8. The van der Waals surface area contributed by atoms with E-state index in [1.165, 1.54) is 166 Å². The van der Waals surface area contributed by atoms with Crippen LogP contribution in [0.3, 0.4) is 0 Å². The number of fused-ring (bicyclic) bond motifs is 9. The van der Waals surface area contributed by atoms with Gasteiger partial charge in [-0.25, -0.2) is 0 Å². The molecule has 0 aliphatic heterocycles. The lowest BCUT2D eigenvalue weighted by Crippen LogP contribution is -2.00. The predicted molar refractivity (Wildman–Crippen MR) is 470 cm³/mol. The molecule has 0 aliphatic rings. The first-order chi connectivity index (χ1) is 55.0. The molecule has 0 radical (unpaired) electrons. The lowest BCUT2D eigenvalue weighted by Gasteiger charge is -2.17. The number of aromatic nitrogens is 3. The van der Waals surface area contributed by atoms with E-state index in [1.54, 1.807) is 0 Å². The molecule has 21 rings (SSSR count). The van der Waals surface area contributed by atoms with Crippen LogP contribution >= 0.6 is 0 Å². The molecule has 0 unspecified atom stereocenters. The van der Waals surface area contributed by atoms with Crippen LogP contribution in [0.25, 0.3) is 194 Å². The fourth-order valence-electron chi connectivity index (χ4n) is 16.6. The minimum absolute atomic E-state index is 1.11. The number of hydrogen-bond acceptors (Lipinski definition) is 0. The first-order valence-corrected chi connectivity index (χ1v) is 38.2. The highest BCUT2D eigenvalue weighted by Crippen LogP contribution is 2.43. The zero-order chi connectivity index (χ0) is 73.6. The van der Waals surface area contributed by atoms with Gasteiger partial charge in [-0.1, -0.05) is 340 Å². The van der Waals surface area contributed by atoms with E-state index in [1.807, 2.05) is 0 Å². The summed E-state index contributed by atoms with van der Waals surface area (Å²) >= 11 is 0. The number of nitrogens with zero attached hydrogens (tertiary/aromatic N) is 3. The third kappa shape index (κ3) is 12.5. The zero-order valence-corrected chi connectivity index (χ0v) is 61.0. The Labute approximate surface area is 646 Å². The van der Waals surface area contributed by atoms with Crippen molar-refractivity contribution in [1.82, 2.24) is 13.7 Å². The van der Waals surface area contributed by atoms with Crippen molar-refractivity contribution in [2.24, 2.45) is 0 Å². The van der Waals surface area contributed by atoms with Gasteiger partial charge in [0.2, 0.25) is 0 Å². The average molecular weight is 1410 g/mol. The van der Waals surface area contributed by atoms with Gasteiger partial charge in [0.25, 0.3) is 0 Å². The highest BCUT2D eigenvalue weighted by Gasteiger charge is 2.20. The van der Waals surface area contributed by atoms with Gasteiger partial charge >= 0.3 is 0 Å². The number of rotatable bonds is 13. The summed E-state index contributed by atoms with van der Waals surface area (Å²) < 4.78 is 7.26. The zero-order valence-electron chi connectivity index (χ0n) is 61.0. The SMILES string of the molecule is c1ccc(-c2ccc(-c3cc(-c4ccc(-c5ccccc5)cc4)cc(-c4cc(-n5c6ccccc6c6ccccc65)cc(-n5c6ccccc6c6ccccc65)c4)c3)cc2)cc1.c1ccc(-c2ccc(-c3cc(-c4ccc(-c5ccccc5)cc4)cc(-c4ccc(-n5c6ccccc6c6ccccc65)cc4)c3)cc2)cc1. The van der Waals surface area contributed by atoms with Crippen LogP contribution in [-0.2, 0) is 0 Å². The van der Waals surface area contributed by atoms with Crippen molar-refractivity contribution < 1.29 is 0 Å². The summed E-state index contributed by atoms with van der Waals surface area (Å²) in [5.74, 6) is 0. The van der Waals surface area contributed by atoms with E-state index in [0.717, 1.165) is 28.2 Å². The van der Waals surface area contributed by atoms with Gasteiger partial charge in [-0.2, -0.15) is 0 Å². The molecule has 0 N–H and O–H groups in total. The normalized spacial score (nSPS) is 11.4. The van der Waals surface area contributed by atoms with Crippen LogP contribution in [0.5, 0.6) is 0 Å². The molecule has 0 aliphatic carbocycles. The minimum Gasteiger partial charge on any atom is -0.309 e. The molecular formula is C108H73N3. The van der Waals surface area contributed by atoms with Crippen molar-refractivity contribution in [2.75, 3.05) is 0 Å². The van der Waals surface area contributed by atoms with Crippen LogP contribution in [-0.4, -0.2) is 13.7 Å². The Kier molecular flexibility index (Phi) is 17.0. The topological polar surface area (TPSA) is 14.8 Å². The third-order valence-corrected chi connectivity index (χ3v) is 22.1. The average Bonchev–Trinajstić information content (AvgIpc) is 1.58. The molecule has 18 aromatic carbocycles. The maximum atomic E-state index is 2.45. The summed E-state index contributed by atoms with van der Waals surface area (Å²) in [7, 11) is 0. The smallest absolute Gasteiger partial charge is 0.0541 e. The molecule has 111 heavy (non-hydrogen) atoms. The Hall–Kier alpha value is -14.6. The first kappa shape index (κ1) is 65.8. The van der Waals surface area contributed by atoms with E-state index in [-0.39, 0.29) is 0 Å². The van der Waals surface area contributed by atoms with Crippen molar-refractivity contribution >= 4 is 65.4 Å². The summed E-state index contributed by atoms with van der Waals surface area (Å²) in [5.41, 5.74) is 34.5. The molecule has 3 aromatic heterocycles. The molecule has 0 saturated carbocycles. The Morgan fingerprint density at radius 1 is 0.0991 bits per heavy atom. The Bertz CT molecular complexity index is 6480. The lowest BCUT2D eigenvalue weighted by atomic mass is 9.91. The van der Waals surface area contributed by atoms with E-state index >= 15 is 0 Å². The molecule has 0 atom stereocenters. The maximum absolute atomic E-state index is 2.45. The number of para-hydroxylation sites is 6. The van der Waals surface area contributed by atoms with Gasteiger partial charge in [-0.3, -0.25) is 0 Å². The highest BCUT2D eigenvalue weighted by atomic mass is 15.0. The quantitative estimate of drug-likeness (QED) is 0.109. The fraction of sp³-hybridized carbons (Fsp3) is 0. The fourth-order valence-corrected chi connectivity index (χ4v) is 16.6. The van der Waals surface area contributed by atoms with Crippen LogP contribution in [0.15, 0.2) is 443 Å². The molecule has 3 heterocycles. The van der Waals surface area contributed by atoms with Crippen molar-refractivity contribution in [2.45, 2.75) is 0 Å². The van der Waals surface area contributed by atoms with E-state index in [9.17, 15) is 0 Å². The van der Waals surface area contributed by atoms with Crippen molar-refractivity contribution in [1.29, 1.82) is 0 Å². The predicted octanol–water partition coefficient (Wildman–Crippen LogP) is 29.3. The largest absolute Gasteiger partial charge is 0.309 e. The summed E-state index contributed by atoms with van der Waals surface area (Å²) in [6.45, 7) is 0. The molecule has 0 spiro atoms. The van der Waals surface area contributed by atoms with E-state index < -0.39 is 0 Å². The Morgan fingerprint density at radius 2 is 0.252 bits per heavy atom. The summed E-state index contributed by atoms with van der Waals surface area (Å²) in [5, 5.41) is 7.53. The van der Waals surface area contributed by atoms with Gasteiger partial charge in [0.1, 0.15) is 0 Å². The molecule has 21 aromatic rings. The summed E-state index contributed by atoms with van der Waals surface area (Å²) in [6, 6.07) is 161. The molecule has 0 fully saturated rings. The lowest BCUT2D eigenvalue weighted by molar-refractivity contribution is 1.13. The van der Waals surface area contributed by atoms with Crippen molar-refractivity contribution in [3.8, 4) is 128 Å². The van der Waals surface area contributed by atoms with Crippen LogP contribution in [0.4, 0.5) is 0 Å². The Balaban J connectivity index is 0.000000149. The maximum Gasteiger partial charge on any atom is 0.0541 e. The number of benzene rings is 18. The van der Waals surface area contributed by atoms with Gasteiger partial charge in [0, 0.05) is 49.4 Å². The van der Waals surface area contributed by atoms with Gasteiger partial charge in [-0.05, 0) is 214 Å². The van der Waals surface area contributed by atoms with Crippen molar-refractivity contribution in [3.05, 3.63) is 443 Å². The van der Waals surface area contributed by atoms with Crippen LogP contribution < -0.4 is 0 Å². The highest BCUT2D eigenvalue weighted by molar-refractivity contribution is 6.12. The van der Waals surface area contributed by atoms with Crippen molar-refractivity contribution in [3.63, 3.8) is 0 Å². The van der Waals surface area contributed by atoms with Gasteiger partial charge in [-0.15, -0.1) is 0 Å². The van der Waals surface area contributed by atoms with Gasteiger partial charge in [0.15, 0.2) is 0 Å². The molecule has 0 amide bonds. The number of hydrogen-bond donors (Lipinski definition) is 0. The monoisotopic (exact) mass is 1410 g/mol. The Morgan fingerprint density at radius 3 is 0.477 bits per heavy atom. The van der Waals surface area contributed by atoms with E-state index in [4.69, 9.17) is 0 Å². The molecule has 3 nitrogen and oxygen atoms in total. The third-order valence-electron chi connectivity index (χ3n) is 22.1. The molecule has 3 heteroatoms. The molecular weight excluding hydrogens is 1340 g/mol. The summed E-state index contributed by atoms with van der Waals surface area (Å²) in [6.07, 6.45) is 0. The minimum atomic E-state index is 1.11. The second kappa shape index (κ2) is 28.6. The first-order valence-electron chi connectivity index (χ1n) is 38.2. The van der Waals surface area contributed by atoms with Crippen LogP contribution in [0, 0.1) is 0 Å².